The van der Waals surface area contributed by atoms with Crippen LogP contribution in [0.4, 0.5) is 4.79 Å². The first-order valence-electron chi connectivity index (χ1n) is 5.28. The summed E-state index contributed by atoms with van der Waals surface area (Å²) < 4.78 is 5.00. The molecule has 1 atom stereocenters. The molecule has 0 spiro atoms. The zero-order valence-electron chi connectivity index (χ0n) is 10.7. The molecule has 0 aromatic carbocycles. The summed E-state index contributed by atoms with van der Waals surface area (Å²) in [5.41, 5.74) is 1.57. The molecule has 0 bridgehead atoms. The number of ether oxygens (including phenoxy) is 1. The van der Waals surface area contributed by atoms with E-state index in [1.807, 2.05) is 0 Å². The van der Waals surface area contributed by atoms with Crippen LogP contribution in [-0.2, 0) is 14.4 Å². The predicted octanol–water partition coefficient (Wildman–Crippen LogP) is 1.13. The first-order chi connectivity index (χ1) is 7.76. The van der Waals surface area contributed by atoms with E-state index in [0.29, 0.717) is 0 Å². The molecule has 2 amide bonds. The monoisotopic (exact) mass is 244 g/mol. The van der Waals surface area contributed by atoms with Gasteiger partial charge in [0, 0.05) is 0 Å². The maximum atomic E-state index is 11.4. The number of nitrogens with one attached hydrogen (secondary N) is 2. The van der Waals surface area contributed by atoms with Crippen LogP contribution in [-0.4, -0.2) is 30.3 Å². The summed E-state index contributed by atoms with van der Waals surface area (Å²) in [5, 5.41) is 2.38. The number of amides is 2. The highest BCUT2D eigenvalue weighted by atomic mass is 16.6. The van der Waals surface area contributed by atoms with Crippen LogP contribution in [0.15, 0.2) is 12.7 Å². The average Bonchev–Trinajstić information content (AvgIpc) is 2.14. The first kappa shape index (κ1) is 15.4. The van der Waals surface area contributed by atoms with Crippen molar-refractivity contribution >= 4 is 12.0 Å². The van der Waals surface area contributed by atoms with Crippen molar-refractivity contribution in [2.45, 2.75) is 39.3 Å². The van der Waals surface area contributed by atoms with E-state index < -0.39 is 23.6 Å². The van der Waals surface area contributed by atoms with Crippen LogP contribution in [0.1, 0.15) is 27.7 Å². The number of carbonyl (C=O) groups excluding carboxylic acids is 2. The summed E-state index contributed by atoms with van der Waals surface area (Å²) in [6.45, 7) is 10.4. The normalized spacial score (nSPS) is 12.5. The standard InChI is InChI=1S/C11H20N2O4/c1-6-7-16-13-9(14)8(2)12-10(15)17-11(3,4)5/h6,8H,1,7H2,2-5H3,(H,12,15)(H,13,14)/t8-/m1/s1. The molecule has 0 heterocycles. The van der Waals surface area contributed by atoms with Gasteiger partial charge in [0.2, 0.25) is 0 Å². The predicted molar refractivity (Wildman–Crippen MR) is 63.1 cm³/mol. The molecule has 0 rings (SSSR count). The van der Waals surface area contributed by atoms with Crippen LogP contribution < -0.4 is 10.8 Å². The fraction of sp³-hybridized carbons (Fsp3) is 0.636. The number of alkyl carbamates (subject to hydrolysis) is 1. The third-order valence-corrected chi connectivity index (χ3v) is 1.50. The molecule has 0 fully saturated rings. The molecule has 98 valence electrons. The molecule has 0 aromatic heterocycles. The van der Waals surface area contributed by atoms with E-state index in [1.54, 1.807) is 20.8 Å². The van der Waals surface area contributed by atoms with Gasteiger partial charge < -0.3 is 10.1 Å². The van der Waals surface area contributed by atoms with Crippen molar-refractivity contribution in [1.82, 2.24) is 10.8 Å². The largest absolute Gasteiger partial charge is 0.444 e. The highest BCUT2D eigenvalue weighted by molar-refractivity contribution is 5.84. The van der Waals surface area contributed by atoms with Crippen LogP contribution in [0.25, 0.3) is 0 Å². The molecule has 0 aliphatic rings. The summed E-state index contributed by atoms with van der Waals surface area (Å²) >= 11 is 0. The Morgan fingerprint density at radius 1 is 1.41 bits per heavy atom. The number of carbonyl (C=O) groups is 2. The molecular formula is C11H20N2O4. The van der Waals surface area contributed by atoms with Crippen molar-refractivity contribution in [2.75, 3.05) is 6.61 Å². The van der Waals surface area contributed by atoms with Gasteiger partial charge in [0.15, 0.2) is 0 Å². The third-order valence-electron chi connectivity index (χ3n) is 1.50. The van der Waals surface area contributed by atoms with Crippen LogP contribution in [0.3, 0.4) is 0 Å². The maximum Gasteiger partial charge on any atom is 0.408 e. The molecule has 0 saturated carbocycles. The first-order valence-corrected chi connectivity index (χ1v) is 5.28. The molecule has 0 aromatic rings. The van der Waals surface area contributed by atoms with Gasteiger partial charge in [-0.05, 0) is 27.7 Å². The van der Waals surface area contributed by atoms with Crippen LogP contribution in [0.5, 0.6) is 0 Å². The second-order valence-corrected chi connectivity index (χ2v) is 4.43. The van der Waals surface area contributed by atoms with Gasteiger partial charge in [0.1, 0.15) is 11.6 Å². The molecule has 0 radical (unpaired) electrons. The molecule has 17 heavy (non-hydrogen) atoms. The van der Waals surface area contributed by atoms with Crippen molar-refractivity contribution < 1.29 is 19.2 Å². The van der Waals surface area contributed by atoms with Gasteiger partial charge in [0.05, 0.1) is 6.61 Å². The Morgan fingerprint density at radius 3 is 2.47 bits per heavy atom. The lowest BCUT2D eigenvalue weighted by Gasteiger charge is -2.21. The highest BCUT2D eigenvalue weighted by Gasteiger charge is 2.20. The van der Waals surface area contributed by atoms with Crippen molar-refractivity contribution in [1.29, 1.82) is 0 Å². The quantitative estimate of drug-likeness (QED) is 0.432. The average molecular weight is 244 g/mol. The minimum absolute atomic E-state index is 0.199. The Labute approximate surface area is 101 Å². The zero-order valence-corrected chi connectivity index (χ0v) is 10.7. The molecule has 6 nitrogen and oxygen atoms in total. The minimum Gasteiger partial charge on any atom is -0.444 e. The van der Waals surface area contributed by atoms with Gasteiger partial charge in [-0.1, -0.05) is 6.08 Å². The Morgan fingerprint density at radius 2 is 2.00 bits per heavy atom. The van der Waals surface area contributed by atoms with E-state index in [0.717, 1.165) is 0 Å². The smallest absolute Gasteiger partial charge is 0.408 e. The van der Waals surface area contributed by atoms with Crippen LogP contribution >= 0.6 is 0 Å². The molecule has 2 N–H and O–H groups in total. The fourth-order valence-corrected chi connectivity index (χ4v) is 0.810. The molecule has 6 heteroatoms. The lowest BCUT2D eigenvalue weighted by molar-refractivity contribution is -0.134. The van der Waals surface area contributed by atoms with E-state index in [1.165, 1.54) is 13.0 Å². The minimum atomic E-state index is -0.741. The zero-order chi connectivity index (χ0) is 13.5. The Kier molecular flexibility index (Phi) is 6.27. The van der Waals surface area contributed by atoms with Gasteiger partial charge >= 0.3 is 6.09 Å². The van der Waals surface area contributed by atoms with Crippen LogP contribution in [0, 0.1) is 0 Å². The lowest BCUT2D eigenvalue weighted by atomic mass is 10.2. The second kappa shape index (κ2) is 6.90. The van der Waals surface area contributed by atoms with E-state index in [-0.39, 0.29) is 6.61 Å². The Bertz CT molecular complexity index is 284. The SMILES string of the molecule is C=CCONC(=O)[C@@H](C)NC(=O)OC(C)(C)C. The van der Waals surface area contributed by atoms with Crippen molar-refractivity contribution in [3.63, 3.8) is 0 Å². The number of hydrogen-bond acceptors (Lipinski definition) is 4. The van der Waals surface area contributed by atoms with Crippen molar-refractivity contribution in [3.05, 3.63) is 12.7 Å². The van der Waals surface area contributed by atoms with E-state index in [9.17, 15) is 9.59 Å². The number of rotatable bonds is 5. The fourth-order valence-electron chi connectivity index (χ4n) is 0.810. The van der Waals surface area contributed by atoms with Crippen molar-refractivity contribution in [2.24, 2.45) is 0 Å². The van der Waals surface area contributed by atoms with E-state index in [2.05, 4.69) is 17.4 Å². The summed E-state index contributed by atoms with van der Waals surface area (Å²) in [6, 6.07) is -0.741. The lowest BCUT2D eigenvalue weighted by Crippen LogP contribution is -2.46. The molecule has 0 saturated heterocycles. The van der Waals surface area contributed by atoms with Gasteiger partial charge in [0.25, 0.3) is 5.91 Å². The van der Waals surface area contributed by atoms with E-state index >= 15 is 0 Å². The number of hydroxylamine groups is 1. The second-order valence-electron chi connectivity index (χ2n) is 4.43. The molecule has 0 aliphatic heterocycles. The van der Waals surface area contributed by atoms with Crippen molar-refractivity contribution in [3.8, 4) is 0 Å². The highest BCUT2D eigenvalue weighted by Crippen LogP contribution is 2.06. The van der Waals surface area contributed by atoms with Gasteiger partial charge in [-0.15, -0.1) is 6.58 Å². The Balaban J connectivity index is 3.99. The summed E-state index contributed by atoms with van der Waals surface area (Å²) in [7, 11) is 0. The summed E-state index contributed by atoms with van der Waals surface area (Å²) in [5.74, 6) is -0.460. The third kappa shape index (κ3) is 8.27. The maximum absolute atomic E-state index is 11.4. The molecule has 0 aliphatic carbocycles. The van der Waals surface area contributed by atoms with Crippen LogP contribution in [0.2, 0.25) is 0 Å². The van der Waals surface area contributed by atoms with Gasteiger partial charge in [-0.25, -0.2) is 10.3 Å². The van der Waals surface area contributed by atoms with E-state index in [4.69, 9.17) is 9.57 Å². The number of hydrogen-bond donors (Lipinski definition) is 2. The molecular weight excluding hydrogens is 224 g/mol. The molecule has 0 unspecified atom stereocenters. The summed E-state index contributed by atoms with van der Waals surface area (Å²) in [6.07, 6.45) is 0.843. The topological polar surface area (TPSA) is 76.7 Å². The van der Waals surface area contributed by atoms with Gasteiger partial charge in [-0.3, -0.25) is 9.63 Å². The summed E-state index contributed by atoms with van der Waals surface area (Å²) in [4.78, 5) is 27.4. The Hall–Kier alpha value is -1.56. The van der Waals surface area contributed by atoms with Gasteiger partial charge in [-0.2, -0.15) is 0 Å².